The summed E-state index contributed by atoms with van der Waals surface area (Å²) in [4.78, 5) is 33.8. The van der Waals surface area contributed by atoms with Crippen LogP contribution in [0.1, 0.15) is 23.0 Å². The number of ether oxygens (including phenoxy) is 2. The van der Waals surface area contributed by atoms with Crippen LogP contribution in [0.2, 0.25) is 0 Å². The molecule has 38 heavy (non-hydrogen) atoms. The van der Waals surface area contributed by atoms with E-state index in [4.69, 9.17) is 9.47 Å². The Morgan fingerprint density at radius 3 is 2.79 bits per heavy atom. The van der Waals surface area contributed by atoms with Crippen molar-refractivity contribution in [2.45, 2.75) is 20.4 Å². The van der Waals surface area contributed by atoms with E-state index < -0.39 is 0 Å². The number of benzene rings is 2. The fraction of sp³-hybridized carbons (Fsp3) is 0.222. The number of fused-ring (bicyclic) bond motifs is 1. The second-order valence-electron chi connectivity index (χ2n) is 8.53. The molecule has 3 heterocycles. The number of nitrogens with zero attached hydrogens (tertiary/aromatic N) is 4. The van der Waals surface area contributed by atoms with Crippen LogP contribution in [0.4, 0.5) is 5.69 Å². The number of hydrogen-bond acceptors (Lipinski definition) is 7. The van der Waals surface area contributed by atoms with E-state index in [0.717, 1.165) is 11.3 Å². The van der Waals surface area contributed by atoms with Crippen molar-refractivity contribution in [3.63, 3.8) is 0 Å². The van der Waals surface area contributed by atoms with Crippen LogP contribution in [0.3, 0.4) is 0 Å². The molecule has 10 nitrogen and oxygen atoms in total. The van der Waals surface area contributed by atoms with Gasteiger partial charge in [0.25, 0.3) is 11.8 Å². The van der Waals surface area contributed by atoms with E-state index in [1.54, 1.807) is 29.1 Å². The average molecular weight is 577 g/mol. The molecule has 0 unspecified atom stereocenters. The first-order valence-corrected chi connectivity index (χ1v) is 12.9. The van der Waals surface area contributed by atoms with E-state index in [0.29, 0.717) is 64.1 Å². The summed E-state index contributed by atoms with van der Waals surface area (Å²) in [7, 11) is 0. The van der Waals surface area contributed by atoms with Gasteiger partial charge in [0, 0.05) is 24.0 Å². The van der Waals surface area contributed by atoms with E-state index in [1.807, 2.05) is 44.2 Å². The minimum absolute atomic E-state index is 0.155. The third kappa shape index (κ3) is 5.37. The molecule has 2 aromatic carbocycles. The van der Waals surface area contributed by atoms with Gasteiger partial charge < -0.3 is 20.1 Å². The number of aromatic nitrogens is 4. The molecule has 0 radical (unpaired) electrons. The Morgan fingerprint density at radius 2 is 2.00 bits per heavy atom. The maximum atomic E-state index is 12.5. The lowest BCUT2D eigenvalue weighted by Gasteiger charge is -2.15. The van der Waals surface area contributed by atoms with Gasteiger partial charge in [-0.3, -0.25) is 14.3 Å². The lowest BCUT2D eigenvalue weighted by atomic mass is 10.1. The summed E-state index contributed by atoms with van der Waals surface area (Å²) < 4.78 is 14.0. The second kappa shape index (κ2) is 11.0. The van der Waals surface area contributed by atoms with Crippen molar-refractivity contribution >= 4 is 33.4 Å². The van der Waals surface area contributed by atoms with E-state index in [2.05, 4.69) is 41.6 Å². The van der Waals surface area contributed by atoms with Crippen LogP contribution in [-0.4, -0.2) is 51.3 Å². The first-order valence-electron chi connectivity index (χ1n) is 12.1. The minimum atomic E-state index is -0.287. The SMILES string of the molecule is CCOc1cc(-c2nccc(-c3cc4n(n3)CCNC4=O)n2)cc(Br)c1OCC(=O)Nc1ccccc1C. The maximum absolute atomic E-state index is 12.5. The number of carbonyl (C=O) groups is 2. The Hall–Kier alpha value is -4.25. The zero-order valence-electron chi connectivity index (χ0n) is 20.8. The van der Waals surface area contributed by atoms with Crippen LogP contribution in [0, 0.1) is 6.92 Å². The van der Waals surface area contributed by atoms with Crippen molar-refractivity contribution in [3.8, 4) is 34.3 Å². The second-order valence-corrected chi connectivity index (χ2v) is 9.38. The summed E-state index contributed by atoms with van der Waals surface area (Å²) in [6.07, 6.45) is 1.64. The summed E-state index contributed by atoms with van der Waals surface area (Å²) in [5, 5.41) is 10.2. The van der Waals surface area contributed by atoms with Crippen LogP contribution >= 0.6 is 15.9 Å². The third-order valence-electron chi connectivity index (χ3n) is 5.87. The highest BCUT2D eigenvalue weighted by Crippen LogP contribution is 2.39. The predicted molar refractivity (Wildman–Crippen MR) is 145 cm³/mol. The molecule has 0 aliphatic carbocycles. The zero-order valence-corrected chi connectivity index (χ0v) is 22.4. The van der Waals surface area contributed by atoms with Gasteiger partial charge in [0.05, 0.1) is 23.3 Å². The fourth-order valence-corrected chi connectivity index (χ4v) is 4.60. The van der Waals surface area contributed by atoms with Crippen LogP contribution in [0.25, 0.3) is 22.8 Å². The lowest BCUT2D eigenvalue weighted by molar-refractivity contribution is -0.118. The van der Waals surface area contributed by atoms with Crippen LogP contribution < -0.4 is 20.1 Å². The quantitative estimate of drug-likeness (QED) is 0.322. The van der Waals surface area contributed by atoms with Gasteiger partial charge in [-0.15, -0.1) is 0 Å². The van der Waals surface area contributed by atoms with Crippen LogP contribution in [0.5, 0.6) is 11.5 Å². The predicted octanol–water partition coefficient (Wildman–Crippen LogP) is 4.24. The minimum Gasteiger partial charge on any atom is -0.490 e. The third-order valence-corrected chi connectivity index (χ3v) is 6.46. The molecule has 0 saturated carbocycles. The van der Waals surface area contributed by atoms with Gasteiger partial charge in [-0.1, -0.05) is 18.2 Å². The maximum Gasteiger partial charge on any atom is 0.269 e. The van der Waals surface area contributed by atoms with Crippen molar-refractivity contribution in [1.82, 2.24) is 25.1 Å². The molecule has 0 fully saturated rings. The van der Waals surface area contributed by atoms with Gasteiger partial charge >= 0.3 is 0 Å². The van der Waals surface area contributed by atoms with E-state index in [9.17, 15) is 9.59 Å². The van der Waals surface area contributed by atoms with Crippen molar-refractivity contribution in [3.05, 3.63) is 70.5 Å². The summed E-state index contributed by atoms with van der Waals surface area (Å²) in [6, 6.07) is 14.6. The van der Waals surface area contributed by atoms with Crippen molar-refractivity contribution in [2.24, 2.45) is 0 Å². The first kappa shape index (κ1) is 25.4. The highest BCUT2D eigenvalue weighted by molar-refractivity contribution is 9.10. The van der Waals surface area contributed by atoms with Gasteiger partial charge in [0.1, 0.15) is 11.4 Å². The first-order chi connectivity index (χ1) is 18.4. The molecule has 11 heteroatoms. The van der Waals surface area contributed by atoms with Crippen LogP contribution in [0.15, 0.2) is 59.2 Å². The van der Waals surface area contributed by atoms with Crippen molar-refractivity contribution in [2.75, 3.05) is 25.1 Å². The number of carbonyl (C=O) groups excluding carboxylic acids is 2. The molecule has 2 aromatic heterocycles. The normalized spacial score (nSPS) is 12.4. The number of amides is 2. The molecule has 1 aliphatic heterocycles. The summed E-state index contributed by atoms with van der Waals surface area (Å²) in [5.74, 6) is 0.856. The van der Waals surface area contributed by atoms with Crippen molar-refractivity contribution < 1.29 is 19.1 Å². The van der Waals surface area contributed by atoms with Crippen molar-refractivity contribution in [1.29, 1.82) is 0 Å². The van der Waals surface area contributed by atoms with E-state index in [-0.39, 0.29) is 18.4 Å². The van der Waals surface area contributed by atoms with Crippen LogP contribution in [-0.2, 0) is 11.3 Å². The summed E-state index contributed by atoms with van der Waals surface area (Å²) >= 11 is 3.55. The summed E-state index contributed by atoms with van der Waals surface area (Å²) in [6.45, 7) is 5.13. The monoisotopic (exact) mass is 576 g/mol. The topological polar surface area (TPSA) is 120 Å². The number of rotatable bonds is 8. The summed E-state index contributed by atoms with van der Waals surface area (Å²) in [5.41, 5.74) is 4.05. The molecule has 1 aliphatic rings. The Balaban J connectivity index is 1.38. The Kier molecular flexibility index (Phi) is 7.36. The van der Waals surface area contributed by atoms with E-state index >= 15 is 0 Å². The number of aryl methyl sites for hydroxylation is 1. The molecule has 0 bridgehead atoms. The van der Waals surface area contributed by atoms with E-state index in [1.165, 1.54) is 0 Å². The Bertz CT molecular complexity index is 1520. The van der Waals surface area contributed by atoms with Gasteiger partial charge in [0.2, 0.25) is 0 Å². The molecule has 4 aromatic rings. The average Bonchev–Trinajstić information content (AvgIpc) is 3.36. The number of anilines is 1. The number of hydrogen-bond donors (Lipinski definition) is 2. The molecule has 2 amide bonds. The van der Waals surface area contributed by atoms with Gasteiger partial charge in [-0.2, -0.15) is 5.10 Å². The zero-order chi connectivity index (χ0) is 26.6. The lowest BCUT2D eigenvalue weighted by Crippen LogP contribution is -2.35. The molecular formula is C27H25BrN6O4. The molecule has 2 N–H and O–H groups in total. The molecule has 5 rings (SSSR count). The molecule has 0 spiro atoms. The molecule has 194 valence electrons. The fourth-order valence-electron chi connectivity index (χ4n) is 4.04. The van der Waals surface area contributed by atoms with Gasteiger partial charge in [0.15, 0.2) is 23.9 Å². The number of nitrogens with one attached hydrogen (secondary N) is 2. The Labute approximate surface area is 227 Å². The molecule has 0 atom stereocenters. The highest BCUT2D eigenvalue weighted by Gasteiger charge is 2.21. The Morgan fingerprint density at radius 1 is 1.16 bits per heavy atom. The van der Waals surface area contributed by atoms with Gasteiger partial charge in [-0.05, 0) is 65.7 Å². The smallest absolute Gasteiger partial charge is 0.269 e. The number of para-hydroxylation sites is 1. The molecular weight excluding hydrogens is 552 g/mol. The molecule has 0 saturated heterocycles. The van der Waals surface area contributed by atoms with Gasteiger partial charge in [-0.25, -0.2) is 9.97 Å². The highest BCUT2D eigenvalue weighted by atomic mass is 79.9. The number of halogens is 1. The standard InChI is InChI=1S/C27H25BrN6O4/c1-3-37-23-13-17(12-18(28)25(23)38-15-24(35)31-19-7-5-4-6-16(19)2)26-29-9-8-20(32-26)21-14-22-27(36)30-10-11-34(22)33-21/h4-9,12-14H,3,10-11,15H2,1-2H3,(H,30,36)(H,31,35). The largest absolute Gasteiger partial charge is 0.490 e.